The van der Waals surface area contributed by atoms with Crippen molar-refractivity contribution in [2.75, 3.05) is 13.1 Å². The topological polar surface area (TPSA) is 29.5 Å². The molecule has 0 aromatic carbocycles. The number of carbonyl (C=O) groups excluding carboxylic acids is 1. The summed E-state index contributed by atoms with van der Waals surface area (Å²) in [5.74, 6) is -0.480. The van der Waals surface area contributed by atoms with Gasteiger partial charge in [0.1, 0.15) is 5.60 Å². The second-order valence-electron chi connectivity index (χ2n) is 5.88. The first kappa shape index (κ1) is 15.2. The highest BCUT2D eigenvalue weighted by Crippen LogP contribution is 2.28. The largest absolute Gasteiger partial charge is 0.478 e. The first-order chi connectivity index (χ1) is 8.07. The maximum absolute atomic E-state index is 12.4. The second-order valence-corrected chi connectivity index (χ2v) is 5.88. The minimum atomic E-state index is -4.78. The van der Waals surface area contributed by atoms with E-state index in [-0.39, 0.29) is 6.54 Å². The molecule has 0 unspecified atom stereocenters. The molecule has 0 N–H and O–H groups in total. The third-order valence-corrected chi connectivity index (χ3v) is 2.77. The Morgan fingerprint density at radius 1 is 1.39 bits per heavy atom. The van der Waals surface area contributed by atoms with Crippen LogP contribution in [0.15, 0.2) is 0 Å². The van der Waals surface area contributed by atoms with Crippen LogP contribution in [-0.2, 0) is 4.74 Å². The van der Waals surface area contributed by atoms with E-state index in [0.29, 0.717) is 19.4 Å². The van der Waals surface area contributed by atoms with Gasteiger partial charge >= 0.3 is 13.1 Å². The molecule has 1 rings (SSSR count). The molecule has 0 bridgehead atoms. The number of ether oxygens (including phenoxy) is 1. The van der Waals surface area contributed by atoms with Crippen LogP contribution in [-0.4, -0.2) is 36.7 Å². The Bertz CT molecular complexity index is 302. The van der Waals surface area contributed by atoms with Crippen molar-refractivity contribution in [3.05, 3.63) is 0 Å². The molecule has 1 atom stereocenters. The van der Waals surface area contributed by atoms with Crippen LogP contribution in [0, 0.1) is 5.92 Å². The van der Waals surface area contributed by atoms with Crippen molar-refractivity contribution >= 4 is 13.1 Å². The summed E-state index contributed by atoms with van der Waals surface area (Å²) < 4.78 is 42.3. The van der Waals surface area contributed by atoms with E-state index in [4.69, 9.17) is 4.74 Å². The Balaban J connectivity index is 2.51. The zero-order chi connectivity index (χ0) is 14.0. The van der Waals surface area contributed by atoms with E-state index in [1.807, 2.05) is 0 Å². The molecule has 0 aliphatic carbocycles. The van der Waals surface area contributed by atoms with E-state index in [9.17, 15) is 17.7 Å². The summed E-state index contributed by atoms with van der Waals surface area (Å²) in [5, 5.41) is 0. The van der Waals surface area contributed by atoms with E-state index >= 15 is 0 Å². The van der Waals surface area contributed by atoms with E-state index < -0.39 is 30.9 Å². The zero-order valence-electron chi connectivity index (χ0n) is 11.1. The maximum Gasteiger partial charge on any atom is 0.478 e. The van der Waals surface area contributed by atoms with Gasteiger partial charge in [-0.3, -0.25) is 0 Å². The summed E-state index contributed by atoms with van der Waals surface area (Å²) in [7, 11) is 0. The van der Waals surface area contributed by atoms with Gasteiger partial charge in [-0.2, -0.15) is 0 Å². The number of nitrogens with zero attached hydrogens (tertiary/aromatic N) is 1. The van der Waals surface area contributed by atoms with Gasteiger partial charge in [-0.1, -0.05) is 6.32 Å². The van der Waals surface area contributed by atoms with Crippen LogP contribution in [0.2, 0.25) is 6.32 Å². The molecule has 3 nitrogen and oxygen atoms in total. The number of halogens is 3. The van der Waals surface area contributed by atoms with E-state index in [1.54, 1.807) is 20.8 Å². The normalized spacial score (nSPS) is 21.9. The standard InChI is InChI=1S/C11H20BF3NO2/c1-11(2,3)18-10(17)16-6-4-5-9(8-16)7-12(13,14)15/h9H,4-8H2,1-3H3/q-1/t9-/m0/s1. The van der Waals surface area contributed by atoms with Crippen LogP contribution in [0.4, 0.5) is 17.7 Å². The van der Waals surface area contributed by atoms with E-state index in [0.717, 1.165) is 0 Å². The average molecular weight is 266 g/mol. The number of hydrogen-bond donors (Lipinski definition) is 0. The quantitative estimate of drug-likeness (QED) is 0.716. The summed E-state index contributed by atoms with van der Waals surface area (Å²) >= 11 is 0. The van der Waals surface area contributed by atoms with Crippen LogP contribution in [0.1, 0.15) is 33.6 Å². The molecule has 0 spiro atoms. The fourth-order valence-electron chi connectivity index (χ4n) is 2.13. The van der Waals surface area contributed by atoms with Crippen molar-refractivity contribution in [1.82, 2.24) is 4.90 Å². The maximum atomic E-state index is 12.4. The Kier molecular flexibility index (Phi) is 4.56. The van der Waals surface area contributed by atoms with Gasteiger partial charge in [0.05, 0.1) is 0 Å². The van der Waals surface area contributed by atoms with Crippen LogP contribution < -0.4 is 0 Å². The molecule has 1 saturated heterocycles. The highest BCUT2D eigenvalue weighted by molar-refractivity contribution is 6.58. The molecular formula is C11H20BF3NO2-. The summed E-state index contributed by atoms with van der Waals surface area (Å²) in [6, 6.07) is 0. The summed E-state index contributed by atoms with van der Waals surface area (Å²) in [4.78, 5) is 13.1. The van der Waals surface area contributed by atoms with Gasteiger partial charge in [0, 0.05) is 13.1 Å². The molecule has 0 radical (unpaired) electrons. The highest BCUT2D eigenvalue weighted by Gasteiger charge is 2.32. The molecule has 1 heterocycles. The molecule has 0 aromatic heterocycles. The monoisotopic (exact) mass is 266 g/mol. The van der Waals surface area contributed by atoms with Crippen molar-refractivity contribution in [2.45, 2.75) is 45.5 Å². The lowest BCUT2D eigenvalue weighted by Crippen LogP contribution is -2.43. The average Bonchev–Trinajstić information content (AvgIpc) is 2.12. The van der Waals surface area contributed by atoms with Gasteiger partial charge in [-0.25, -0.2) is 4.79 Å². The Labute approximate surface area is 106 Å². The summed E-state index contributed by atoms with van der Waals surface area (Å²) in [6.07, 6.45) is -0.141. The van der Waals surface area contributed by atoms with E-state index in [2.05, 4.69) is 0 Å². The minimum Gasteiger partial charge on any atom is -0.449 e. The Morgan fingerprint density at radius 3 is 2.50 bits per heavy atom. The Hall–Kier alpha value is -0.875. The van der Waals surface area contributed by atoms with E-state index in [1.165, 1.54) is 4.90 Å². The molecular weight excluding hydrogens is 246 g/mol. The fourth-order valence-corrected chi connectivity index (χ4v) is 2.13. The molecule has 18 heavy (non-hydrogen) atoms. The summed E-state index contributed by atoms with van der Waals surface area (Å²) in [6.45, 7) is 1.07. The number of hydrogen-bond acceptors (Lipinski definition) is 2. The first-order valence-electron chi connectivity index (χ1n) is 6.26. The van der Waals surface area contributed by atoms with Gasteiger partial charge < -0.3 is 22.6 Å². The molecule has 0 aromatic rings. The van der Waals surface area contributed by atoms with Crippen LogP contribution in [0.5, 0.6) is 0 Å². The first-order valence-corrected chi connectivity index (χ1v) is 6.26. The molecule has 106 valence electrons. The zero-order valence-corrected chi connectivity index (χ0v) is 11.1. The lowest BCUT2D eigenvalue weighted by molar-refractivity contribution is 0.0171. The van der Waals surface area contributed by atoms with Crippen molar-refractivity contribution in [3.63, 3.8) is 0 Å². The SMILES string of the molecule is CC(C)(C)OC(=O)N1CCC[C@@H](C[B-](F)(F)F)C1. The molecule has 0 saturated carbocycles. The number of likely N-dealkylation sites (tertiary alicyclic amines) is 1. The van der Waals surface area contributed by atoms with Crippen molar-refractivity contribution < 1.29 is 22.5 Å². The fraction of sp³-hybridized carbons (Fsp3) is 0.909. The lowest BCUT2D eigenvalue weighted by Gasteiger charge is -2.35. The predicted molar refractivity (Wildman–Crippen MR) is 64.4 cm³/mol. The molecule has 1 aliphatic rings. The van der Waals surface area contributed by atoms with Gasteiger partial charge in [0.25, 0.3) is 0 Å². The van der Waals surface area contributed by atoms with Crippen LogP contribution in [0.25, 0.3) is 0 Å². The Morgan fingerprint density at radius 2 is 2.00 bits per heavy atom. The van der Waals surface area contributed by atoms with Gasteiger partial charge in [-0.05, 0) is 39.5 Å². The van der Waals surface area contributed by atoms with Crippen LogP contribution >= 0.6 is 0 Å². The highest BCUT2D eigenvalue weighted by atomic mass is 19.4. The number of amides is 1. The minimum absolute atomic E-state index is 0.149. The molecule has 1 fully saturated rings. The van der Waals surface area contributed by atoms with Gasteiger partial charge in [0.2, 0.25) is 0 Å². The van der Waals surface area contributed by atoms with Crippen molar-refractivity contribution in [2.24, 2.45) is 5.92 Å². The molecule has 7 heteroatoms. The van der Waals surface area contributed by atoms with Crippen molar-refractivity contribution in [1.29, 1.82) is 0 Å². The third-order valence-electron chi connectivity index (χ3n) is 2.77. The predicted octanol–water partition coefficient (Wildman–Crippen LogP) is 3.48. The third kappa shape index (κ3) is 5.64. The second kappa shape index (κ2) is 5.40. The smallest absolute Gasteiger partial charge is 0.449 e. The molecule has 1 amide bonds. The number of piperidine rings is 1. The lowest BCUT2D eigenvalue weighted by atomic mass is 9.75. The summed E-state index contributed by atoms with van der Waals surface area (Å²) in [5.41, 5.74) is -0.613. The van der Waals surface area contributed by atoms with Gasteiger partial charge in [0.15, 0.2) is 0 Å². The van der Waals surface area contributed by atoms with Crippen molar-refractivity contribution in [3.8, 4) is 0 Å². The molecule has 1 aliphatic heterocycles. The number of rotatable bonds is 2. The number of carbonyl (C=O) groups is 1. The van der Waals surface area contributed by atoms with Gasteiger partial charge in [-0.15, -0.1) is 0 Å². The van der Waals surface area contributed by atoms with Crippen LogP contribution in [0.3, 0.4) is 0 Å².